The fraction of sp³-hybridized carbons (Fsp3) is 0.267. The second-order valence-corrected chi connectivity index (χ2v) is 4.74. The number of aromatic nitrogens is 1. The minimum Gasteiger partial charge on any atom is -0.367 e. The van der Waals surface area contributed by atoms with Gasteiger partial charge in [0.2, 0.25) is 0 Å². The van der Waals surface area contributed by atoms with Crippen LogP contribution in [0.4, 0.5) is 5.69 Å². The molecule has 1 aromatic carbocycles. The smallest absolute Gasteiger partial charge is 0.0430 e. The van der Waals surface area contributed by atoms with Gasteiger partial charge in [-0.1, -0.05) is 11.6 Å². The molecule has 0 aliphatic carbocycles. The standard InChI is InChI=1S/C15H17ClN2/c1-3-18(11-13-6-8-17-9-7-13)15-5-4-14(16)10-12(15)2/h4-10H,3,11H2,1-2H3. The molecule has 2 nitrogen and oxygen atoms in total. The number of rotatable bonds is 4. The molecule has 0 saturated heterocycles. The third-order valence-corrected chi connectivity index (χ3v) is 3.24. The molecule has 0 radical (unpaired) electrons. The molecule has 0 N–H and O–H groups in total. The Balaban J connectivity index is 2.23. The summed E-state index contributed by atoms with van der Waals surface area (Å²) in [7, 11) is 0. The Morgan fingerprint density at radius 1 is 1.17 bits per heavy atom. The van der Waals surface area contributed by atoms with E-state index in [1.165, 1.54) is 16.8 Å². The second kappa shape index (κ2) is 5.87. The summed E-state index contributed by atoms with van der Waals surface area (Å²) < 4.78 is 0. The van der Waals surface area contributed by atoms with Crippen LogP contribution in [-0.2, 0) is 6.54 Å². The fourth-order valence-corrected chi connectivity index (χ4v) is 2.28. The molecule has 3 heteroatoms. The van der Waals surface area contributed by atoms with Crippen molar-refractivity contribution in [3.8, 4) is 0 Å². The molecule has 2 rings (SSSR count). The van der Waals surface area contributed by atoms with Crippen LogP contribution in [0.25, 0.3) is 0 Å². The third kappa shape index (κ3) is 3.02. The first-order chi connectivity index (χ1) is 8.70. The van der Waals surface area contributed by atoms with E-state index in [0.29, 0.717) is 0 Å². The molecule has 94 valence electrons. The summed E-state index contributed by atoms with van der Waals surface area (Å²) in [6, 6.07) is 10.1. The van der Waals surface area contributed by atoms with E-state index in [2.05, 4.69) is 29.8 Å². The van der Waals surface area contributed by atoms with E-state index in [4.69, 9.17) is 11.6 Å². The van der Waals surface area contributed by atoms with Crippen molar-refractivity contribution in [2.45, 2.75) is 20.4 Å². The maximum Gasteiger partial charge on any atom is 0.0430 e. The number of nitrogens with zero attached hydrogens (tertiary/aromatic N) is 2. The van der Waals surface area contributed by atoms with Crippen molar-refractivity contribution in [3.63, 3.8) is 0 Å². The Kier molecular flexibility index (Phi) is 4.21. The summed E-state index contributed by atoms with van der Waals surface area (Å²) in [4.78, 5) is 6.38. The number of benzene rings is 1. The molecule has 0 spiro atoms. The predicted octanol–water partition coefficient (Wildman–Crippen LogP) is 4.07. The largest absolute Gasteiger partial charge is 0.367 e. The summed E-state index contributed by atoms with van der Waals surface area (Å²) in [6.07, 6.45) is 3.66. The normalized spacial score (nSPS) is 10.4. The lowest BCUT2D eigenvalue weighted by atomic mass is 10.1. The Bertz CT molecular complexity index is 511. The molecule has 0 fully saturated rings. The Labute approximate surface area is 113 Å². The molecule has 0 aliphatic heterocycles. The molecular weight excluding hydrogens is 244 g/mol. The Morgan fingerprint density at radius 3 is 2.50 bits per heavy atom. The van der Waals surface area contributed by atoms with Crippen molar-refractivity contribution in [1.82, 2.24) is 4.98 Å². The summed E-state index contributed by atoms with van der Waals surface area (Å²) in [5.74, 6) is 0. The zero-order valence-electron chi connectivity index (χ0n) is 10.7. The zero-order valence-corrected chi connectivity index (χ0v) is 11.5. The molecule has 0 atom stereocenters. The van der Waals surface area contributed by atoms with Gasteiger partial charge >= 0.3 is 0 Å². The molecule has 1 heterocycles. The number of aryl methyl sites for hydroxylation is 1. The van der Waals surface area contributed by atoms with Crippen molar-refractivity contribution >= 4 is 17.3 Å². The highest BCUT2D eigenvalue weighted by Crippen LogP contribution is 2.24. The van der Waals surface area contributed by atoms with Gasteiger partial charge in [-0.05, 0) is 55.3 Å². The van der Waals surface area contributed by atoms with Crippen LogP contribution in [0.15, 0.2) is 42.7 Å². The van der Waals surface area contributed by atoms with E-state index in [1.54, 1.807) is 0 Å². The molecule has 0 saturated carbocycles. The van der Waals surface area contributed by atoms with Crippen LogP contribution < -0.4 is 4.90 Å². The number of halogens is 1. The van der Waals surface area contributed by atoms with Gasteiger partial charge in [0.25, 0.3) is 0 Å². The van der Waals surface area contributed by atoms with Crippen LogP contribution in [0.2, 0.25) is 5.02 Å². The summed E-state index contributed by atoms with van der Waals surface area (Å²) in [6.45, 7) is 6.11. The topological polar surface area (TPSA) is 16.1 Å². The van der Waals surface area contributed by atoms with Crippen molar-refractivity contribution < 1.29 is 0 Å². The lowest BCUT2D eigenvalue weighted by Gasteiger charge is -2.25. The number of anilines is 1. The van der Waals surface area contributed by atoms with Crippen LogP contribution in [0.5, 0.6) is 0 Å². The van der Waals surface area contributed by atoms with E-state index in [-0.39, 0.29) is 0 Å². The van der Waals surface area contributed by atoms with Gasteiger partial charge in [-0.3, -0.25) is 4.98 Å². The van der Waals surface area contributed by atoms with Crippen molar-refractivity contribution in [3.05, 3.63) is 58.9 Å². The maximum absolute atomic E-state index is 6.00. The average molecular weight is 261 g/mol. The lowest BCUT2D eigenvalue weighted by Crippen LogP contribution is -2.22. The Hall–Kier alpha value is -1.54. The van der Waals surface area contributed by atoms with Gasteiger partial charge in [0.1, 0.15) is 0 Å². The minimum atomic E-state index is 0.788. The fourth-order valence-electron chi connectivity index (χ4n) is 2.05. The van der Waals surface area contributed by atoms with Crippen molar-refractivity contribution in [1.29, 1.82) is 0 Å². The zero-order chi connectivity index (χ0) is 13.0. The molecule has 1 aromatic heterocycles. The van der Waals surface area contributed by atoms with Crippen molar-refractivity contribution in [2.75, 3.05) is 11.4 Å². The van der Waals surface area contributed by atoms with Gasteiger partial charge in [-0.15, -0.1) is 0 Å². The van der Waals surface area contributed by atoms with Crippen LogP contribution in [0.3, 0.4) is 0 Å². The number of hydrogen-bond donors (Lipinski definition) is 0. The van der Waals surface area contributed by atoms with E-state index in [1.807, 2.05) is 36.7 Å². The second-order valence-electron chi connectivity index (χ2n) is 4.30. The van der Waals surface area contributed by atoms with Crippen molar-refractivity contribution in [2.24, 2.45) is 0 Å². The SMILES string of the molecule is CCN(Cc1ccncc1)c1ccc(Cl)cc1C. The van der Waals surface area contributed by atoms with Crippen LogP contribution in [0, 0.1) is 6.92 Å². The molecule has 0 bridgehead atoms. The summed E-state index contributed by atoms with van der Waals surface area (Å²) in [5, 5.41) is 0.788. The van der Waals surface area contributed by atoms with Gasteiger partial charge in [0.15, 0.2) is 0 Å². The Morgan fingerprint density at radius 2 is 1.89 bits per heavy atom. The molecular formula is C15H17ClN2. The highest BCUT2D eigenvalue weighted by atomic mass is 35.5. The van der Waals surface area contributed by atoms with Gasteiger partial charge < -0.3 is 4.90 Å². The van der Waals surface area contributed by atoms with E-state index in [9.17, 15) is 0 Å². The summed E-state index contributed by atoms with van der Waals surface area (Å²) in [5.41, 5.74) is 3.71. The van der Waals surface area contributed by atoms with Gasteiger partial charge in [-0.2, -0.15) is 0 Å². The third-order valence-electron chi connectivity index (χ3n) is 3.00. The molecule has 0 unspecified atom stereocenters. The van der Waals surface area contributed by atoms with Crippen LogP contribution in [-0.4, -0.2) is 11.5 Å². The van der Waals surface area contributed by atoms with Crippen LogP contribution >= 0.6 is 11.6 Å². The van der Waals surface area contributed by atoms with Gasteiger partial charge in [-0.25, -0.2) is 0 Å². The van der Waals surface area contributed by atoms with E-state index < -0.39 is 0 Å². The quantitative estimate of drug-likeness (QED) is 0.824. The van der Waals surface area contributed by atoms with Crippen LogP contribution in [0.1, 0.15) is 18.1 Å². The first-order valence-electron chi connectivity index (χ1n) is 6.10. The first-order valence-corrected chi connectivity index (χ1v) is 6.48. The monoisotopic (exact) mass is 260 g/mol. The number of pyridine rings is 1. The molecule has 18 heavy (non-hydrogen) atoms. The minimum absolute atomic E-state index is 0.788. The van der Waals surface area contributed by atoms with E-state index in [0.717, 1.165) is 18.1 Å². The highest BCUT2D eigenvalue weighted by Gasteiger charge is 2.08. The van der Waals surface area contributed by atoms with Gasteiger partial charge in [0, 0.05) is 36.2 Å². The van der Waals surface area contributed by atoms with E-state index >= 15 is 0 Å². The molecule has 0 aliphatic rings. The summed E-state index contributed by atoms with van der Waals surface area (Å²) >= 11 is 6.00. The number of hydrogen-bond acceptors (Lipinski definition) is 2. The molecule has 0 amide bonds. The lowest BCUT2D eigenvalue weighted by molar-refractivity contribution is 0.826. The van der Waals surface area contributed by atoms with Gasteiger partial charge in [0.05, 0.1) is 0 Å². The first kappa shape index (κ1) is 12.9. The highest BCUT2D eigenvalue weighted by molar-refractivity contribution is 6.30. The molecule has 2 aromatic rings. The average Bonchev–Trinajstić information content (AvgIpc) is 2.38. The predicted molar refractivity (Wildman–Crippen MR) is 77.2 cm³/mol. The maximum atomic E-state index is 6.00.